The normalized spacial score (nSPS) is 16.6. The monoisotopic (exact) mass is 358 g/mol. The van der Waals surface area contributed by atoms with E-state index in [2.05, 4.69) is 32.8 Å². The van der Waals surface area contributed by atoms with Crippen molar-refractivity contribution in [1.29, 1.82) is 0 Å². The third kappa shape index (κ3) is 4.19. The highest BCUT2D eigenvalue weighted by Crippen LogP contribution is 2.27. The zero-order chi connectivity index (χ0) is 17.8. The molecule has 0 radical (unpaired) electrons. The summed E-state index contributed by atoms with van der Waals surface area (Å²) >= 11 is 1.76. The molecule has 1 aliphatic rings. The minimum absolute atomic E-state index is 0.0524. The van der Waals surface area contributed by atoms with Gasteiger partial charge in [0, 0.05) is 35.8 Å². The van der Waals surface area contributed by atoms with E-state index in [1.54, 1.807) is 17.4 Å². The van der Waals surface area contributed by atoms with Crippen molar-refractivity contribution in [3.63, 3.8) is 0 Å². The third-order valence-corrected chi connectivity index (χ3v) is 5.86. The molecule has 0 aromatic carbocycles. The van der Waals surface area contributed by atoms with Gasteiger partial charge in [0.15, 0.2) is 0 Å². The molecule has 0 spiro atoms. The highest BCUT2D eigenvalue weighted by molar-refractivity contribution is 7.10. The number of likely N-dealkylation sites (tertiary alicyclic amines) is 1. The lowest BCUT2D eigenvalue weighted by Gasteiger charge is -2.26. The van der Waals surface area contributed by atoms with Crippen molar-refractivity contribution in [2.75, 3.05) is 19.6 Å². The summed E-state index contributed by atoms with van der Waals surface area (Å²) in [5, 5.41) is 9.56. The number of carbonyl (C=O) groups excluding carboxylic acids is 1. The van der Waals surface area contributed by atoms with Crippen LogP contribution < -0.4 is 5.32 Å². The SMILES string of the molecule is Cc1nn(C)c(C)c1/C=C/C(=O)NC[C@H](c1cccs1)N1CCCC1. The summed E-state index contributed by atoms with van der Waals surface area (Å²) in [6.45, 7) is 6.85. The van der Waals surface area contributed by atoms with E-state index in [9.17, 15) is 4.79 Å². The molecule has 0 unspecified atom stereocenters. The minimum atomic E-state index is -0.0524. The molecule has 6 heteroatoms. The van der Waals surface area contributed by atoms with Crippen molar-refractivity contribution < 1.29 is 4.79 Å². The number of hydrogen-bond donors (Lipinski definition) is 1. The number of amides is 1. The smallest absolute Gasteiger partial charge is 0.244 e. The fourth-order valence-electron chi connectivity index (χ4n) is 3.39. The summed E-state index contributed by atoms with van der Waals surface area (Å²) in [6.07, 6.45) is 5.97. The molecule has 3 heterocycles. The van der Waals surface area contributed by atoms with Crippen LogP contribution in [0.1, 0.15) is 40.7 Å². The van der Waals surface area contributed by atoms with Gasteiger partial charge in [-0.25, -0.2) is 0 Å². The second-order valence-corrected chi connectivity index (χ2v) is 7.54. The van der Waals surface area contributed by atoms with E-state index in [1.807, 2.05) is 31.7 Å². The fourth-order valence-corrected chi connectivity index (χ4v) is 4.25. The van der Waals surface area contributed by atoms with E-state index in [0.717, 1.165) is 30.0 Å². The zero-order valence-corrected chi connectivity index (χ0v) is 16.0. The van der Waals surface area contributed by atoms with Gasteiger partial charge in [0.05, 0.1) is 11.7 Å². The molecule has 1 N–H and O–H groups in total. The predicted molar refractivity (Wildman–Crippen MR) is 103 cm³/mol. The Morgan fingerprint density at radius 1 is 1.40 bits per heavy atom. The Kier molecular flexibility index (Phi) is 5.71. The Balaban J connectivity index is 1.62. The highest BCUT2D eigenvalue weighted by Gasteiger charge is 2.24. The second-order valence-electron chi connectivity index (χ2n) is 6.56. The van der Waals surface area contributed by atoms with Crippen molar-refractivity contribution in [2.45, 2.75) is 32.7 Å². The average molecular weight is 359 g/mol. The molecule has 1 amide bonds. The molecule has 2 aromatic heterocycles. The van der Waals surface area contributed by atoms with Gasteiger partial charge < -0.3 is 5.32 Å². The first-order chi connectivity index (χ1) is 12.1. The highest BCUT2D eigenvalue weighted by atomic mass is 32.1. The van der Waals surface area contributed by atoms with Gasteiger partial charge in [0.25, 0.3) is 0 Å². The van der Waals surface area contributed by atoms with E-state index in [1.165, 1.54) is 17.7 Å². The summed E-state index contributed by atoms with van der Waals surface area (Å²) in [7, 11) is 1.92. The molecule has 25 heavy (non-hydrogen) atoms. The lowest BCUT2D eigenvalue weighted by molar-refractivity contribution is -0.116. The lowest BCUT2D eigenvalue weighted by atomic mass is 10.2. The first-order valence-corrected chi connectivity index (χ1v) is 9.68. The number of aromatic nitrogens is 2. The van der Waals surface area contributed by atoms with Gasteiger partial charge in [-0.15, -0.1) is 11.3 Å². The molecule has 0 bridgehead atoms. The summed E-state index contributed by atoms with van der Waals surface area (Å²) < 4.78 is 1.84. The third-order valence-electron chi connectivity index (χ3n) is 4.89. The van der Waals surface area contributed by atoms with Gasteiger partial charge in [-0.05, 0) is 57.3 Å². The van der Waals surface area contributed by atoms with Crippen molar-refractivity contribution in [3.05, 3.63) is 45.4 Å². The lowest BCUT2D eigenvalue weighted by Crippen LogP contribution is -2.35. The van der Waals surface area contributed by atoms with Crippen LogP contribution in [-0.4, -0.2) is 40.2 Å². The van der Waals surface area contributed by atoms with E-state index in [-0.39, 0.29) is 11.9 Å². The van der Waals surface area contributed by atoms with Crippen molar-refractivity contribution in [2.24, 2.45) is 7.05 Å². The summed E-state index contributed by atoms with van der Waals surface area (Å²) in [4.78, 5) is 16.1. The van der Waals surface area contributed by atoms with Crippen LogP contribution in [0.3, 0.4) is 0 Å². The van der Waals surface area contributed by atoms with Crippen LogP contribution >= 0.6 is 11.3 Å². The van der Waals surface area contributed by atoms with Crippen LogP contribution in [0.25, 0.3) is 6.08 Å². The Hall–Kier alpha value is -1.92. The molecule has 134 valence electrons. The summed E-state index contributed by atoms with van der Waals surface area (Å²) in [5.41, 5.74) is 3.03. The zero-order valence-electron chi connectivity index (χ0n) is 15.2. The number of hydrogen-bond acceptors (Lipinski definition) is 4. The molecule has 0 saturated carbocycles. The number of aryl methyl sites for hydroxylation is 2. The Labute approximate surface area is 153 Å². The van der Waals surface area contributed by atoms with Crippen LogP contribution in [0.5, 0.6) is 0 Å². The van der Waals surface area contributed by atoms with E-state index in [0.29, 0.717) is 6.54 Å². The van der Waals surface area contributed by atoms with Crippen molar-refractivity contribution >= 4 is 23.3 Å². The number of rotatable bonds is 6. The number of thiophene rings is 1. The number of nitrogens with zero attached hydrogens (tertiary/aromatic N) is 3. The quantitative estimate of drug-likeness (QED) is 0.808. The summed E-state index contributed by atoms with van der Waals surface area (Å²) in [5.74, 6) is -0.0524. The first-order valence-electron chi connectivity index (χ1n) is 8.80. The van der Waals surface area contributed by atoms with Gasteiger partial charge in [0.1, 0.15) is 0 Å². The molecule has 1 aliphatic heterocycles. The molecule has 1 atom stereocenters. The van der Waals surface area contributed by atoms with Gasteiger partial charge in [0.2, 0.25) is 5.91 Å². The predicted octanol–water partition coefficient (Wildman–Crippen LogP) is 3.06. The molecule has 2 aromatic rings. The fraction of sp³-hybridized carbons (Fsp3) is 0.474. The van der Waals surface area contributed by atoms with E-state index >= 15 is 0 Å². The maximum absolute atomic E-state index is 12.3. The molecular weight excluding hydrogens is 332 g/mol. The maximum atomic E-state index is 12.3. The molecule has 1 saturated heterocycles. The van der Waals surface area contributed by atoms with Crippen molar-refractivity contribution in [3.8, 4) is 0 Å². The van der Waals surface area contributed by atoms with Gasteiger partial charge in [-0.1, -0.05) is 6.07 Å². The van der Waals surface area contributed by atoms with Crippen LogP contribution in [0.4, 0.5) is 0 Å². The molecular formula is C19H26N4OS. The first kappa shape index (κ1) is 17.9. The topological polar surface area (TPSA) is 50.2 Å². The number of carbonyl (C=O) groups is 1. The molecule has 5 nitrogen and oxygen atoms in total. The van der Waals surface area contributed by atoms with Crippen molar-refractivity contribution in [1.82, 2.24) is 20.0 Å². The van der Waals surface area contributed by atoms with Crippen LogP contribution in [0, 0.1) is 13.8 Å². The standard InChI is InChI=1S/C19H26N4OS/c1-14-16(15(2)22(3)21-14)8-9-19(24)20-13-17(18-7-6-12-25-18)23-10-4-5-11-23/h6-9,12,17H,4-5,10-11,13H2,1-3H3,(H,20,24)/b9-8+/t17-/m1/s1. The molecule has 3 rings (SSSR count). The van der Waals surface area contributed by atoms with E-state index < -0.39 is 0 Å². The average Bonchev–Trinajstić information content (AvgIpc) is 3.32. The molecule has 0 aliphatic carbocycles. The van der Waals surface area contributed by atoms with Gasteiger partial charge in [-0.3, -0.25) is 14.4 Å². The Bertz CT molecular complexity index is 742. The van der Waals surface area contributed by atoms with Gasteiger partial charge >= 0.3 is 0 Å². The Morgan fingerprint density at radius 3 is 2.76 bits per heavy atom. The minimum Gasteiger partial charge on any atom is -0.351 e. The number of nitrogens with one attached hydrogen (secondary N) is 1. The van der Waals surface area contributed by atoms with Crippen LogP contribution in [0.15, 0.2) is 23.6 Å². The van der Waals surface area contributed by atoms with Crippen LogP contribution in [0.2, 0.25) is 0 Å². The summed E-state index contributed by atoms with van der Waals surface area (Å²) in [6, 6.07) is 4.53. The second kappa shape index (κ2) is 7.97. The van der Waals surface area contributed by atoms with Gasteiger partial charge in [-0.2, -0.15) is 5.10 Å². The molecule has 1 fully saturated rings. The Morgan fingerprint density at radius 2 is 2.16 bits per heavy atom. The van der Waals surface area contributed by atoms with Crippen LogP contribution in [-0.2, 0) is 11.8 Å². The van der Waals surface area contributed by atoms with E-state index in [4.69, 9.17) is 0 Å². The maximum Gasteiger partial charge on any atom is 0.244 e. The largest absolute Gasteiger partial charge is 0.351 e.